The standard InChI is InChI=1S/C14H31N5O.2ClH/c1-5-19(4,6-2)11-10-18-14(20)13(16)8-7-9-17-12(3)15;;/h13H,5-11,16H2,1-4H3,(H2-,15,17,18,20);2*1H/p+1/t13-;;/m1../s1. The van der Waals surface area contributed by atoms with Crippen LogP contribution < -0.4 is 16.8 Å². The molecule has 1 amide bonds. The number of aliphatic imine (C=N–C) groups is 1. The minimum atomic E-state index is -0.453. The van der Waals surface area contributed by atoms with E-state index in [1.54, 1.807) is 6.92 Å². The maximum atomic E-state index is 11.8. The summed E-state index contributed by atoms with van der Waals surface area (Å²) in [6.07, 6.45) is 1.41. The van der Waals surface area contributed by atoms with Gasteiger partial charge in [-0.15, -0.1) is 24.8 Å². The molecule has 8 heteroatoms. The van der Waals surface area contributed by atoms with Crippen LogP contribution in [0.15, 0.2) is 4.99 Å². The molecule has 0 saturated carbocycles. The second-order valence-corrected chi connectivity index (χ2v) is 5.54. The Morgan fingerprint density at radius 2 is 1.82 bits per heavy atom. The number of carbonyl (C=O) groups excluding carboxylic acids is 1. The molecular formula is C14H34Cl2N5O+. The quantitative estimate of drug-likeness (QED) is 0.234. The summed E-state index contributed by atoms with van der Waals surface area (Å²) in [6, 6.07) is -0.453. The number of hydrogen-bond acceptors (Lipinski definition) is 3. The Bertz CT molecular complexity index is 318. The van der Waals surface area contributed by atoms with Crippen molar-refractivity contribution < 1.29 is 9.28 Å². The predicted molar refractivity (Wildman–Crippen MR) is 99.0 cm³/mol. The smallest absolute Gasteiger partial charge is 0.237 e. The first kappa shape index (κ1) is 26.3. The minimum Gasteiger partial charge on any atom is -0.388 e. The monoisotopic (exact) mass is 358 g/mol. The van der Waals surface area contributed by atoms with Crippen LogP contribution in [0.25, 0.3) is 0 Å². The molecule has 0 aliphatic rings. The van der Waals surface area contributed by atoms with Crippen molar-refractivity contribution in [2.24, 2.45) is 16.5 Å². The lowest BCUT2D eigenvalue weighted by Gasteiger charge is -2.32. The van der Waals surface area contributed by atoms with Gasteiger partial charge in [0.05, 0.1) is 45.1 Å². The average Bonchev–Trinajstić information content (AvgIpc) is 2.42. The normalized spacial score (nSPS) is 12.9. The van der Waals surface area contributed by atoms with Crippen LogP contribution in [-0.4, -0.2) is 62.0 Å². The van der Waals surface area contributed by atoms with Crippen LogP contribution in [-0.2, 0) is 4.79 Å². The van der Waals surface area contributed by atoms with Gasteiger partial charge in [0.1, 0.15) is 0 Å². The van der Waals surface area contributed by atoms with Crippen molar-refractivity contribution in [2.75, 3.05) is 39.8 Å². The molecule has 0 aliphatic carbocycles. The van der Waals surface area contributed by atoms with Crippen LogP contribution in [0.3, 0.4) is 0 Å². The molecule has 0 aromatic carbocycles. The van der Waals surface area contributed by atoms with E-state index in [0.717, 1.165) is 30.5 Å². The molecule has 0 aromatic heterocycles. The van der Waals surface area contributed by atoms with E-state index in [-0.39, 0.29) is 30.7 Å². The summed E-state index contributed by atoms with van der Waals surface area (Å²) in [4.78, 5) is 15.9. The van der Waals surface area contributed by atoms with Gasteiger partial charge in [0.25, 0.3) is 0 Å². The number of nitrogens with zero attached hydrogens (tertiary/aromatic N) is 2. The molecule has 0 saturated heterocycles. The van der Waals surface area contributed by atoms with Gasteiger partial charge in [-0.3, -0.25) is 9.79 Å². The Kier molecular flexibility index (Phi) is 16.8. The zero-order chi connectivity index (χ0) is 15.6. The zero-order valence-corrected chi connectivity index (χ0v) is 15.9. The Hall–Kier alpha value is -0.560. The Morgan fingerprint density at radius 1 is 1.27 bits per heavy atom. The fraction of sp³-hybridized carbons (Fsp3) is 0.857. The molecule has 0 fully saturated rings. The van der Waals surface area contributed by atoms with Crippen molar-refractivity contribution in [1.82, 2.24) is 5.32 Å². The van der Waals surface area contributed by atoms with Crippen LogP contribution in [0, 0.1) is 0 Å². The van der Waals surface area contributed by atoms with Gasteiger partial charge in [0.15, 0.2) is 0 Å². The van der Waals surface area contributed by atoms with Crippen LogP contribution in [0.4, 0.5) is 0 Å². The van der Waals surface area contributed by atoms with Crippen LogP contribution >= 0.6 is 24.8 Å². The first-order chi connectivity index (χ1) is 9.34. The topological polar surface area (TPSA) is 93.5 Å². The highest BCUT2D eigenvalue weighted by Crippen LogP contribution is 2.00. The second-order valence-electron chi connectivity index (χ2n) is 5.54. The van der Waals surface area contributed by atoms with E-state index in [0.29, 0.717) is 25.3 Å². The highest BCUT2D eigenvalue weighted by Gasteiger charge is 2.17. The summed E-state index contributed by atoms with van der Waals surface area (Å²) < 4.78 is 0.958. The number of carbonyl (C=O) groups is 1. The molecule has 0 unspecified atom stereocenters. The molecule has 0 rings (SSSR count). The lowest BCUT2D eigenvalue weighted by molar-refractivity contribution is -0.904. The number of halogens is 2. The van der Waals surface area contributed by atoms with E-state index >= 15 is 0 Å². The molecule has 0 radical (unpaired) electrons. The van der Waals surface area contributed by atoms with E-state index in [4.69, 9.17) is 11.5 Å². The number of likely N-dealkylation sites (N-methyl/N-ethyl adjacent to an activating group) is 1. The Labute approximate surface area is 147 Å². The maximum absolute atomic E-state index is 11.8. The summed E-state index contributed by atoms with van der Waals surface area (Å²) in [5.74, 6) is 0.497. The molecule has 0 bridgehead atoms. The third-order valence-corrected chi connectivity index (χ3v) is 3.85. The summed E-state index contributed by atoms with van der Waals surface area (Å²) in [5, 5.41) is 2.92. The predicted octanol–water partition coefficient (Wildman–Crippen LogP) is 0.917. The summed E-state index contributed by atoms with van der Waals surface area (Å²) in [6.45, 7) is 10.4. The lowest BCUT2D eigenvalue weighted by atomic mass is 10.1. The highest BCUT2D eigenvalue weighted by atomic mass is 35.5. The second kappa shape index (κ2) is 14.1. The van der Waals surface area contributed by atoms with Crippen LogP contribution in [0.2, 0.25) is 0 Å². The highest BCUT2D eigenvalue weighted by molar-refractivity contribution is 5.85. The minimum absolute atomic E-state index is 0. The summed E-state index contributed by atoms with van der Waals surface area (Å²) in [7, 11) is 2.19. The van der Waals surface area contributed by atoms with Crippen molar-refractivity contribution in [3.8, 4) is 0 Å². The Balaban J connectivity index is -0.00000180. The largest absolute Gasteiger partial charge is 0.388 e. The molecule has 134 valence electrons. The third-order valence-electron chi connectivity index (χ3n) is 3.85. The number of rotatable bonds is 10. The number of amidine groups is 1. The third kappa shape index (κ3) is 12.0. The SMILES string of the molecule is CC[N+](C)(CC)CCNC(=O)[C@H](N)CCCN=C(C)N.Cl.Cl. The van der Waals surface area contributed by atoms with Crippen molar-refractivity contribution in [3.05, 3.63) is 0 Å². The Morgan fingerprint density at radius 3 is 2.27 bits per heavy atom. The van der Waals surface area contributed by atoms with E-state index in [9.17, 15) is 4.79 Å². The summed E-state index contributed by atoms with van der Waals surface area (Å²) >= 11 is 0. The fourth-order valence-electron chi connectivity index (χ4n) is 1.82. The summed E-state index contributed by atoms with van der Waals surface area (Å²) in [5.41, 5.74) is 11.3. The van der Waals surface area contributed by atoms with Crippen LogP contribution in [0.5, 0.6) is 0 Å². The number of nitrogens with two attached hydrogens (primary N) is 2. The average molecular weight is 359 g/mol. The van der Waals surface area contributed by atoms with E-state index in [1.807, 2.05) is 0 Å². The van der Waals surface area contributed by atoms with Gasteiger partial charge in [-0.1, -0.05) is 0 Å². The lowest BCUT2D eigenvalue weighted by Crippen LogP contribution is -2.50. The molecule has 0 aliphatic heterocycles. The molecule has 0 heterocycles. The van der Waals surface area contributed by atoms with E-state index in [1.165, 1.54) is 0 Å². The number of amides is 1. The molecular weight excluding hydrogens is 325 g/mol. The van der Waals surface area contributed by atoms with Gasteiger partial charge in [0.2, 0.25) is 5.91 Å². The van der Waals surface area contributed by atoms with E-state index < -0.39 is 6.04 Å². The molecule has 22 heavy (non-hydrogen) atoms. The number of quaternary nitrogens is 1. The van der Waals surface area contributed by atoms with Gasteiger partial charge in [-0.2, -0.15) is 0 Å². The molecule has 0 aromatic rings. The molecule has 1 atom stereocenters. The molecule has 6 nitrogen and oxygen atoms in total. The first-order valence-corrected chi connectivity index (χ1v) is 7.48. The maximum Gasteiger partial charge on any atom is 0.237 e. The number of nitrogens with one attached hydrogen (secondary N) is 1. The van der Waals surface area contributed by atoms with Crippen LogP contribution in [0.1, 0.15) is 33.6 Å². The van der Waals surface area contributed by atoms with Gasteiger partial charge < -0.3 is 21.3 Å². The van der Waals surface area contributed by atoms with Gasteiger partial charge in [-0.25, -0.2) is 0 Å². The van der Waals surface area contributed by atoms with Gasteiger partial charge in [0, 0.05) is 6.54 Å². The fourth-order valence-corrected chi connectivity index (χ4v) is 1.82. The van der Waals surface area contributed by atoms with Gasteiger partial charge >= 0.3 is 0 Å². The van der Waals surface area contributed by atoms with Crippen molar-refractivity contribution in [1.29, 1.82) is 0 Å². The zero-order valence-electron chi connectivity index (χ0n) is 14.3. The molecule has 0 spiro atoms. The molecule has 5 N–H and O–H groups in total. The first-order valence-electron chi connectivity index (χ1n) is 7.48. The van der Waals surface area contributed by atoms with Gasteiger partial charge in [-0.05, 0) is 33.6 Å². The van der Waals surface area contributed by atoms with Crippen molar-refractivity contribution in [2.45, 2.75) is 39.7 Å². The van der Waals surface area contributed by atoms with Crippen molar-refractivity contribution >= 4 is 36.6 Å². The van der Waals surface area contributed by atoms with E-state index in [2.05, 4.69) is 31.2 Å². The number of hydrogen-bond donors (Lipinski definition) is 3. The van der Waals surface area contributed by atoms with Crippen molar-refractivity contribution in [3.63, 3.8) is 0 Å².